The molecule has 1 aliphatic heterocycles. The van der Waals surface area contributed by atoms with Gasteiger partial charge >= 0.3 is 0 Å². The van der Waals surface area contributed by atoms with Crippen LogP contribution in [0.4, 0.5) is 17.7 Å². The summed E-state index contributed by atoms with van der Waals surface area (Å²) in [5.74, 6) is 1.83. The van der Waals surface area contributed by atoms with Crippen molar-refractivity contribution in [2.45, 2.75) is 13.3 Å². The van der Waals surface area contributed by atoms with E-state index in [-0.39, 0.29) is 12.5 Å². The van der Waals surface area contributed by atoms with Crippen molar-refractivity contribution in [3.8, 4) is 6.07 Å². The number of aromatic nitrogens is 4. The first-order chi connectivity index (χ1) is 13.6. The fourth-order valence-corrected chi connectivity index (χ4v) is 2.75. The second-order valence-electron chi connectivity index (χ2n) is 6.41. The number of carbonyl (C=O) groups excluding carboxylic acids is 1. The monoisotopic (exact) mass is 381 g/mol. The summed E-state index contributed by atoms with van der Waals surface area (Å²) in [6.07, 6.45) is 2.20. The zero-order valence-electron chi connectivity index (χ0n) is 16.0. The smallest absolute Gasteiger partial charge is 0.252 e. The highest BCUT2D eigenvalue weighted by atomic mass is 16.1. The lowest BCUT2D eigenvalue weighted by atomic mass is 10.2. The van der Waals surface area contributed by atoms with Crippen LogP contribution in [0.15, 0.2) is 18.3 Å². The van der Waals surface area contributed by atoms with Crippen LogP contribution in [-0.4, -0.2) is 70.5 Å². The zero-order chi connectivity index (χ0) is 19.9. The van der Waals surface area contributed by atoms with Gasteiger partial charge in [-0.2, -0.15) is 20.2 Å². The molecule has 3 heterocycles. The molecule has 2 N–H and O–H groups in total. The minimum Gasteiger partial charge on any atom is -0.339 e. The molecule has 28 heavy (non-hydrogen) atoms. The fraction of sp³-hybridized carbons (Fsp3) is 0.444. The molecule has 0 unspecified atom stereocenters. The van der Waals surface area contributed by atoms with Gasteiger partial charge in [-0.3, -0.25) is 4.79 Å². The van der Waals surface area contributed by atoms with E-state index < -0.39 is 0 Å². The van der Waals surface area contributed by atoms with Gasteiger partial charge in [-0.1, -0.05) is 6.92 Å². The topological polar surface area (TPSA) is 123 Å². The van der Waals surface area contributed by atoms with Crippen molar-refractivity contribution in [3.63, 3.8) is 0 Å². The number of hydrogen-bond acceptors (Lipinski definition) is 9. The Morgan fingerprint density at radius 2 is 2.04 bits per heavy atom. The van der Waals surface area contributed by atoms with E-state index >= 15 is 0 Å². The lowest BCUT2D eigenvalue weighted by Gasteiger charge is -2.32. The summed E-state index contributed by atoms with van der Waals surface area (Å²) < 4.78 is 0. The molecule has 1 saturated heterocycles. The molecule has 0 spiro atoms. The minimum atomic E-state index is -0.338. The Bertz CT molecular complexity index is 872. The fourth-order valence-electron chi connectivity index (χ4n) is 2.75. The number of nitrogens with one attached hydrogen (secondary N) is 2. The third-order valence-corrected chi connectivity index (χ3v) is 4.36. The normalized spacial score (nSPS) is 14.4. The standard InChI is InChI=1S/C18H23N9O/c1-3-14-22-17(25-18(24-14)27-10-8-26(2)9-11-27)23-15-12-13(4-6-20-15)16(28)21-7-5-19/h4,6,12H,3,7-11H2,1-2H3,(H,21,28)(H,20,22,23,24,25). The van der Waals surface area contributed by atoms with Crippen LogP contribution in [0.3, 0.4) is 0 Å². The molecule has 0 radical (unpaired) electrons. The van der Waals surface area contributed by atoms with Gasteiger partial charge in [-0.05, 0) is 19.2 Å². The van der Waals surface area contributed by atoms with E-state index in [0.717, 1.165) is 26.2 Å². The highest BCUT2D eigenvalue weighted by molar-refractivity contribution is 5.95. The molecular weight excluding hydrogens is 358 g/mol. The summed E-state index contributed by atoms with van der Waals surface area (Å²) in [6.45, 7) is 5.57. The van der Waals surface area contributed by atoms with Crippen molar-refractivity contribution < 1.29 is 4.79 Å². The molecule has 3 rings (SSSR count). The SMILES string of the molecule is CCc1nc(Nc2cc(C(=O)NCC#N)ccn2)nc(N2CCN(C)CC2)n1. The highest BCUT2D eigenvalue weighted by Crippen LogP contribution is 2.17. The Morgan fingerprint density at radius 1 is 1.25 bits per heavy atom. The van der Waals surface area contributed by atoms with E-state index in [1.165, 1.54) is 6.20 Å². The van der Waals surface area contributed by atoms with Gasteiger partial charge in [-0.15, -0.1) is 0 Å². The van der Waals surface area contributed by atoms with Crippen molar-refractivity contribution in [2.24, 2.45) is 0 Å². The van der Waals surface area contributed by atoms with Gasteiger partial charge in [0.1, 0.15) is 18.2 Å². The maximum Gasteiger partial charge on any atom is 0.252 e. The molecule has 0 aromatic carbocycles. The third kappa shape index (κ3) is 4.89. The maximum atomic E-state index is 12.0. The van der Waals surface area contributed by atoms with Gasteiger partial charge in [0.2, 0.25) is 11.9 Å². The number of rotatable bonds is 6. The molecular formula is C18H23N9O. The number of aryl methyl sites for hydroxylation is 1. The lowest BCUT2D eigenvalue weighted by molar-refractivity contribution is 0.0958. The lowest BCUT2D eigenvalue weighted by Crippen LogP contribution is -2.45. The largest absolute Gasteiger partial charge is 0.339 e. The summed E-state index contributed by atoms with van der Waals surface area (Å²) in [5.41, 5.74) is 0.400. The molecule has 146 valence electrons. The van der Waals surface area contributed by atoms with E-state index in [1.54, 1.807) is 12.1 Å². The summed E-state index contributed by atoms with van der Waals surface area (Å²) in [5, 5.41) is 14.2. The number of anilines is 3. The molecule has 10 heteroatoms. The average Bonchev–Trinajstić information content (AvgIpc) is 2.72. The Balaban J connectivity index is 1.79. The van der Waals surface area contributed by atoms with Crippen molar-refractivity contribution in [3.05, 3.63) is 29.7 Å². The summed E-state index contributed by atoms with van der Waals surface area (Å²) >= 11 is 0. The van der Waals surface area contributed by atoms with Crippen molar-refractivity contribution in [1.82, 2.24) is 30.2 Å². The first kappa shape index (κ1) is 19.4. The van der Waals surface area contributed by atoms with Gasteiger partial charge < -0.3 is 20.4 Å². The van der Waals surface area contributed by atoms with Crippen LogP contribution in [0, 0.1) is 11.3 Å². The quantitative estimate of drug-likeness (QED) is 0.692. The molecule has 1 amide bonds. The van der Waals surface area contributed by atoms with Gasteiger partial charge in [0, 0.05) is 44.4 Å². The second kappa shape index (κ2) is 9.05. The van der Waals surface area contributed by atoms with Crippen molar-refractivity contribution in [2.75, 3.05) is 50.0 Å². The predicted molar refractivity (Wildman–Crippen MR) is 104 cm³/mol. The summed E-state index contributed by atoms with van der Waals surface area (Å²) in [6, 6.07) is 5.05. The molecule has 0 saturated carbocycles. The minimum absolute atomic E-state index is 0.0500. The molecule has 1 aliphatic rings. The number of carbonyl (C=O) groups is 1. The first-order valence-electron chi connectivity index (χ1n) is 9.15. The zero-order valence-corrected chi connectivity index (χ0v) is 16.0. The molecule has 0 aliphatic carbocycles. The molecule has 10 nitrogen and oxygen atoms in total. The Labute approximate surface area is 163 Å². The average molecular weight is 381 g/mol. The van der Waals surface area contributed by atoms with Crippen LogP contribution >= 0.6 is 0 Å². The number of likely N-dealkylation sites (N-methyl/N-ethyl adjacent to an activating group) is 1. The number of pyridine rings is 1. The first-order valence-corrected chi connectivity index (χ1v) is 9.15. The number of piperazine rings is 1. The van der Waals surface area contributed by atoms with E-state index in [4.69, 9.17) is 5.26 Å². The molecule has 0 bridgehead atoms. The van der Waals surface area contributed by atoms with Crippen molar-refractivity contribution in [1.29, 1.82) is 5.26 Å². The number of hydrogen-bond donors (Lipinski definition) is 2. The van der Waals surface area contributed by atoms with E-state index in [0.29, 0.717) is 35.5 Å². The number of nitrogens with zero attached hydrogens (tertiary/aromatic N) is 7. The van der Waals surface area contributed by atoms with E-state index in [1.807, 2.05) is 13.0 Å². The van der Waals surface area contributed by atoms with Crippen LogP contribution < -0.4 is 15.5 Å². The molecule has 1 fully saturated rings. The van der Waals surface area contributed by atoms with E-state index in [9.17, 15) is 4.79 Å². The maximum absolute atomic E-state index is 12.0. The van der Waals surface area contributed by atoms with E-state index in [2.05, 4.69) is 47.4 Å². The molecule has 2 aromatic rings. The summed E-state index contributed by atoms with van der Waals surface area (Å²) in [4.78, 5) is 34.2. The Kier molecular flexibility index (Phi) is 6.29. The van der Waals surface area contributed by atoms with Crippen LogP contribution in [0.25, 0.3) is 0 Å². The highest BCUT2D eigenvalue weighted by Gasteiger charge is 2.18. The number of amides is 1. The van der Waals surface area contributed by atoms with Crippen LogP contribution in [-0.2, 0) is 6.42 Å². The van der Waals surface area contributed by atoms with Gasteiger partial charge in [0.05, 0.1) is 6.07 Å². The predicted octanol–water partition coefficient (Wildman–Crippen LogP) is 0.578. The Morgan fingerprint density at radius 3 is 2.75 bits per heavy atom. The van der Waals surface area contributed by atoms with Crippen molar-refractivity contribution >= 4 is 23.6 Å². The van der Waals surface area contributed by atoms with Crippen LogP contribution in [0.1, 0.15) is 23.1 Å². The number of nitriles is 1. The van der Waals surface area contributed by atoms with Crippen LogP contribution in [0.2, 0.25) is 0 Å². The molecule has 2 aromatic heterocycles. The van der Waals surface area contributed by atoms with Gasteiger partial charge in [0.25, 0.3) is 5.91 Å². The van der Waals surface area contributed by atoms with Gasteiger partial charge in [-0.25, -0.2) is 4.98 Å². The molecule has 0 atom stereocenters. The van der Waals surface area contributed by atoms with Crippen LogP contribution in [0.5, 0.6) is 0 Å². The Hall–Kier alpha value is -3.32. The van der Waals surface area contributed by atoms with Gasteiger partial charge in [0.15, 0.2) is 0 Å². The summed E-state index contributed by atoms with van der Waals surface area (Å²) in [7, 11) is 2.10. The second-order valence-corrected chi connectivity index (χ2v) is 6.41. The third-order valence-electron chi connectivity index (χ3n) is 4.36.